The van der Waals surface area contributed by atoms with E-state index in [0.29, 0.717) is 11.1 Å². The number of nitrogens with one attached hydrogen (secondary N) is 1. The molecule has 0 aliphatic rings. The molecule has 4 nitrogen and oxygen atoms in total. The van der Waals surface area contributed by atoms with Crippen molar-refractivity contribution >= 4 is 17.2 Å². The van der Waals surface area contributed by atoms with Crippen LogP contribution in [0, 0.1) is 5.82 Å². The topological polar surface area (TPSA) is 50.6 Å². The molecule has 0 bridgehead atoms. The van der Waals surface area contributed by atoms with Crippen molar-refractivity contribution in [2.45, 2.75) is 19.9 Å². The number of pyridine rings is 1. The summed E-state index contributed by atoms with van der Waals surface area (Å²) in [4.78, 5) is 23.0. The van der Waals surface area contributed by atoms with Gasteiger partial charge in [0.2, 0.25) is 5.91 Å². The SMILES string of the molecule is CC(=O)NC(C)C(=O)c1ccn2cc(F)ccc12. The standard InChI is InChI=1S/C13H13FN2O2/c1-8(15-9(2)17)13(18)11-5-6-16-7-10(14)3-4-12(11)16/h3-8H,1-2H3,(H,15,17). The first-order valence-electron chi connectivity index (χ1n) is 5.56. The number of amides is 1. The average molecular weight is 248 g/mol. The van der Waals surface area contributed by atoms with Crippen LogP contribution < -0.4 is 5.32 Å². The molecule has 5 heteroatoms. The summed E-state index contributed by atoms with van der Waals surface area (Å²) in [6, 6.07) is 3.87. The number of fused-ring (bicyclic) bond motifs is 1. The highest BCUT2D eigenvalue weighted by Gasteiger charge is 2.19. The number of rotatable bonds is 3. The molecule has 1 unspecified atom stereocenters. The van der Waals surface area contributed by atoms with E-state index in [2.05, 4.69) is 5.32 Å². The van der Waals surface area contributed by atoms with Crippen LogP contribution in [0.2, 0.25) is 0 Å². The lowest BCUT2D eigenvalue weighted by atomic mass is 10.1. The maximum atomic E-state index is 13.0. The molecule has 0 aliphatic carbocycles. The number of carbonyl (C=O) groups excluding carboxylic acids is 2. The number of hydrogen-bond donors (Lipinski definition) is 1. The van der Waals surface area contributed by atoms with Crippen LogP contribution >= 0.6 is 0 Å². The van der Waals surface area contributed by atoms with Crippen LogP contribution in [0.5, 0.6) is 0 Å². The van der Waals surface area contributed by atoms with Gasteiger partial charge < -0.3 is 9.72 Å². The molecule has 1 N–H and O–H groups in total. The Bertz CT molecular complexity index is 618. The number of halogens is 1. The molecule has 0 aliphatic heterocycles. The number of hydrogen-bond acceptors (Lipinski definition) is 2. The Morgan fingerprint density at radius 3 is 2.72 bits per heavy atom. The predicted molar refractivity (Wildman–Crippen MR) is 65.0 cm³/mol. The Kier molecular flexibility index (Phi) is 3.14. The second-order valence-electron chi connectivity index (χ2n) is 4.16. The van der Waals surface area contributed by atoms with Crippen LogP contribution in [-0.4, -0.2) is 22.1 Å². The van der Waals surface area contributed by atoms with Gasteiger partial charge in [-0.05, 0) is 25.1 Å². The van der Waals surface area contributed by atoms with Crippen LogP contribution in [0.4, 0.5) is 4.39 Å². The molecule has 0 spiro atoms. The van der Waals surface area contributed by atoms with E-state index in [0.717, 1.165) is 0 Å². The molecule has 2 aromatic heterocycles. The number of Topliss-reactive ketones (excluding diaryl/α,β-unsaturated/α-hetero) is 1. The van der Waals surface area contributed by atoms with Gasteiger partial charge in [0.15, 0.2) is 5.78 Å². The summed E-state index contributed by atoms with van der Waals surface area (Å²) in [5.41, 5.74) is 1.09. The molecule has 2 rings (SSSR count). The van der Waals surface area contributed by atoms with E-state index >= 15 is 0 Å². The van der Waals surface area contributed by atoms with E-state index in [1.54, 1.807) is 29.7 Å². The van der Waals surface area contributed by atoms with Gasteiger partial charge >= 0.3 is 0 Å². The molecule has 0 saturated carbocycles. The second-order valence-corrected chi connectivity index (χ2v) is 4.16. The van der Waals surface area contributed by atoms with Gasteiger partial charge in [-0.3, -0.25) is 9.59 Å². The second kappa shape index (κ2) is 4.60. The van der Waals surface area contributed by atoms with Gasteiger partial charge in [0, 0.05) is 24.9 Å². The third-order valence-electron chi connectivity index (χ3n) is 2.70. The first kappa shape index (κ1) is 12.3. The Labute approximate surface area is 103 Å². The summed E-state index contributed by atoms with van der Waals surface area (Å²) in [6.45, 7) is 2.98. The molecular weight excluding hydrogens is 235 g/mol. The van der Waals surface area contributed by atoms with Gasteiger partial charge in [-0.15, -0.1) is 0 Å². The zero-order valence-corrected chi connectivity index (χ0v) is 10.1. The van der Waals surface area contributed by atoms with E-state index in [-0.39, 0.29) is 17.5 Å². The smallest absolute Gasteiger partial charge is 0.217 e. The molecule has 0 aromatic carbocycles. The quantitative estimate of drug-likeness (QED) is 0.842. The van der Waals surface area contributed by atoms with E-state index in [1.165, 1.54) is 19.2 Å². The molecule has 1 atom stereocenters. The molecule has 2 heterocycles. The van der Waals surface area contributed by atoms with Crippen LogP contribution in [0.25, 0.3) is 5.52 Å². The third-order valence-corrected chi connectivity index (χ3v) is 2.70. The lowest BCUT2D eigenvalue weighted by molar-refractivity contribution is -0.119. The van der Waals surface area contributed by atoms with E-state index in [4.69, 9.17) is 0 Å². The van der Waals surface area contributed by atoms with Crippen LogP contribution in [-0.2, 0) is 4.79 Å². The predicted octanol–water partition coefficient (Wildman–Crippen LogP) is 1.79. The van der Waals surface area contributed by atoms with Crippen molar-refractivity contribution in [3.05, 3.63) is 42.0 Å². The van der Waals surface area contributed by atoms with E-state index in [9.17, 15) is 14.0 Å². The molecule has 1 amide bonds. The van der Waals surface area contributed by atoms with Gasteiger partial charge in [0.25, 0.3) is 0 Å². The van der Waals surface area contributed by atoms with Crippen molar-refractivity contribution < 1.29 is 14.0 Å². The molecule has 0 radical (unpaired) electrons. The summed E-state index contributed by atoms with van der Waals surface area (Å²) in [5, 5.41) is 2.54. The van der Waals surface area contributed by atoms with Gasteiger partial charge in [-0.2, -0.15) is 0 Å². The fourth-order valence-corrected chi connectivity index (χ4v) is 1.89. The molecule has 2 aromatic rings. The van der Waals surface area contributed by atoms with Crippen molar-refractivity contribution in [3.63, 3.8) is 0 Å². The summed E-state index contributed by atoms with van der Waals surface area (Å²) in [6.07, 6.45) is 2.92. The Balaban J connectivity index is 2.36. The van der Waals surface area contributed by atoms with Crippen molar-refractivity contribution in [2.24, 2.45) is 0 Å². The van der Waals surface area contributed by atoms with Crippen molar-refractivity contribution in [1.82, 2.24) is 9.72 Å². The fourth-order valence-electron chi connectivity index (χ4n) is 1.89. The summed E-state index contributed by atoms with van der Waals surface area (Å²) >= 11 is 0. The monoisotopic (exact) mass is 248 g/mol. The minimum Gasteiger partial charge on any atom is -0.346 e. The van der Waals surface area contributed by atoms with Crippen molar-refractivity contribution in [3.8, 4) is 0 Å². The van der Waals surface area contributed by atoms with Gasteiger partial charge in [-0.1, -0.05) is 0 Å². The summed E-state index contributed by atoms with van der Waals surface area (Å²) in [5.74, 6) is -0.822. The van der Waals surface area contributed by atoms with Crippen LogP contribution in [0.15, 0.2) is 30.6 Å². The maximum Gasteiger partial charge on any atom is 0.217 e. The number of aromatic nitrogens is 1. The van der Waals surface area contributed by atoms with Crippen LogP contribution in [0.3, 0.4) is 0 Å². The normalized spacial score (nSPS) is 12.4. The highest BCUT2D eigenvalue weighted by Crippen LogP contribution is 2.15. The Hall–Kier alpha value is -2.17. The zero-order chi connectivity index (χ0) is 13.3. The molecular formula is C13H13FN2O2. The first-order chi connectivity index (χ1) is 8.49. The highest BCUT2D eigenvalue weighted by molar-refractivity contribution is 6.06. The summed E-state index contributed by atoms with van der Waals surface area (Å²) in [7, 11) is 0. The zero-order valence-electron chi connectivity index (χ0n) is 10.1. The van der Waals surface area contributed by atoms with Crippen molar-refractivity contribution in [2.75, 3.05) is 0 Å². The summed E-state index contributed by atoms with van der Waals surface area (Å²) < 4.78 is 14.6. The average Bonchev–Trinajstić information content (AvgIpc) is 2.69. The first-order valence-corrected chi connectivity index (χ1v) is 5.56. The Morgan fingerprint density at radius 1 is 1.33 bits per heavy atom. The molecule has 0 saturated heterocycles. The minimum absolute atomic E-state index is 0.195. The van der Waals surface area contributed by atoms with Gasteiger partial charge in [0.1, 0.15) is 5.82 Å². The highest BCUT2D eigenvalue weighted by atomic mass is 19.1. The minimum atomic E-state index is -0.598. The molecule has 94 valence electrons. The largest absolute Gasteiger partial charge is 0.346 e. The van der Waals surface area contributed by atoms with Crippen molar-refractivity contribution in [1.29, 1.82) is 0 Å². The fraction of sp³-hybridized carbons (Fsp3) is 0.231. The number of ketones is 1. The lowest BCUT2D eigenvalue weighted by Crippen LogP contribution is -2.37. The van der Waals surface area contributed by atoms with Gasteiger partial charge in [0.05, 0.1) is 11.6 Å². The third kappa shape index (κ3) is 2.25. The van der Waals surface area contributed by atoms with Gasteiger partial charge in [-0.25, -0.2) is 4.39 Å². The molecule has 0 fully saturated rings. The number of carbonyl (C=O) groups is 2. The van der Waals surface area contributed by atoms with Crippen LogP contribution in [0.1, 0.15) is 24.2 Å². The van der Waals surface area contributed by atoms with E-state index in [1.807, 2.05) is 0 Å². The Morgan fingerprint density at radius 2 is 2.06 bits per heavy atom. The van der Waals surface area contributed by atoms with E-state index < -0.39 is 6.04 Å². The lowest BCUT2D eigenvalue weighted by Gasteiger charge is -2.10. The molecule has 18 heavy (non-hydrogen) atoms. The number of nitrogens with zero attached hydrogens (tertiary/aromatic N) is 1. The maximum absolute atomic E-state index is 13.0.